The second-order valence-electron chi connectivity index (χ2n) is 8.64. The molecular formula is C22H35NO. The summed E-state index contributed by atoms with van der Waals surface area (Å²) in [6.07, 6.45) is 11.9. The first kappa shape index (κ1) is 19.0. The van der Waals surface area contributed by atoms with E-state index in [-0.39, 0.29) is 5.41 Å². The lowest BCUT2D eigenvalue weighted by atomic mass is 9.84. The van der Waals surface area contributed by atoms with Gasteiger partial charge < -0.3 is 5.73 Å². The van der Waals surface area contributed by atoms with Crippen molar-refractivity contribution in [3.63, 3.8) is 0 Å². The molecule has 24 heavy (non-hydrogen) atoms. The Morgan fingerprint density at radius 2 is 1.83 bits per heavy atom. The van der Waals surface area contributed by atoms with Crippen molar-refractivity contribution in [2.75, 3.05) is 5.73 Å². The van der Waals surface area contributed by atoms with Gasteiger partial charge in [0.25, 0.3) is 0 Å². The van der Waals surface area contributed by atoms with Gasteiger partial charge in [0.05, 0.1) is 0 Å². The van der Waals surface area contributed by atoms with E-state index in [1.165, 1.54) is 44.9 Å². The van der Waals surface area contributed by atoms with Crippen LogP contribution >= 0.6 is 0 Å². The molecule has 1 aromatic carbocycles. The summed E-state index contributed by atoms with van der Waals surface area (Å²) < 4.78 is 0. The first-order valence-corrected chi connectivity index (χ1v) is 9.77. The zero-order chi connectivity index (χ0) is 17.6. The summed E-state index contributed by atoms with van der Waals surface area (Å²) in [5, 5.41) is 0. The van der Waals surface area contributed by atoms with Crippen molar-refractivity contribution < 1.29 is 4.79 Å². The highest BCUT2D eigenvalue weighted by molar-refractivity contribution is 5.81. The van der Waals surface area contributed by atoms with Gasteiger partial charge in [-0.2, -0.15) is 0 Å². The molecule has 0 atom stereocenters. The minimum atomic E-state index is 0.0474. The highest BCUT2D eigenvalue weighted by atomic mass is 16.1. The lowest BCUT2D eigenvalue weighted by molar-refractivity contribution is -0.118. The van der Waals surface area contributed by atoms with Crippen LogP contribution in [0, 0.1) is 5.92 Å². The van der Waals surface area contributed by atoms with Crippen LogP contribution in [-0.2, 0) is 16.6 Å². The molecule has 2 heteroatoms. The molecule has 0 radical (unpaired) electrons. The van der Waals surface area contributed by atoms with Crippen LogP contribution in [0.1, 0.15) is 89.7 Å². The van der Waals surface area contributed by atoms with Crippen LogP contribution in [0.2, 0.25) is 0 Å². The average Bonchev–Trinajstić information content (AvgIpc) is 2.51. The molecule has 1 aliphatic rings. The van der Waals surface area contributed by atoms with Crippen molar-refractivity contribution in [3.05, 3.63) is 29.3 Å². The fourth-order valence-corrected chi connectivity index (χ4v) is 3.95. The summed E-state index contributed by atoms with van der Waals surface area (Å²) in [5.41, 5.74) is 9.25. The van der Waals surface area contributed by atoms with Gasteiger partial charge in [0.15, 0.2) is 0 Å². The molecule has 2 nitrogen and oxygen atoms in total. The minimum Gasteiger partial charge on any atom is -0.398 e. The second-order valence-corrected chi connectivity index (χ2v) is 8.64. The summed E-state index contributed by atoms with van der Waals surface area (Å²) in [5.74, 6) is 1.28. The number of hydrogen-bond donors (Lipinski definition) is 1. The highest BCUT2D eigenvalue weighted by Crippen LogP contribution is 2.29. The number of unbranched alkanes of at least 4 members (excludes halogenated alkanes) is 1. The molecule has 0 saturated heterocycles. The van der Waals surface area contributed by atoms with E-state index < -0.39 is 0 Å². The van der Waals surface area contributed by atoms with Crippen LogP contribution in [0.5, 0.6) is 0 Å². The molecule has 1 saturated carbocycles. The van der Waals surface area contributed by atoms with Crippen molar-refractivity contribution in [2.24, 2.45) is 5.92 Å². The number of carbonyl (C=O) groups excluding carboxylic acids is 1. The number of Topliss-reactive ketones (excluding diaryl/α,β-unsaturated/α-hetero) is 1. The van der Waals surface area contributed by atoms with Gasteiger partial charge in [-0.25, -0.2) is 0 Å². The van der Waals surface area contributed by atoms with Crippen molar-refractivity contribution >= 4 is 11.5 Å². The maximum absolute atomic E-state index is 12.2. The molecular weight excluding hydrogens is 294 g/mol. The monoisotopic (exact) mass is 329 g/mol. The van der Waals surface area contributed by atoms with E-state index in [0.717, 1.165) is 29.2 Å². The number of rotatable bonds is 7. The molecule has 2 rings (SSSR count). The second kappa shape index (κ2) is 8.69. The topological polar surface area (TPSA) is 43.1 Å². The maximum atomic E-state index is 12.2. The number of hydrogen-bond acceptors (Lipinski definition) is 2. The molecule has 0 heterocycles. The van der Waals surface area contributed by atoms with Gasteiger partial charge in [0.1, 0.15) is 5.78 Å². The van der Waals surface area contributed by atoms with Crippen LogP contribution in [0.25, 0.3) is 0 Å². The Labute approximate surface area is 148 Å². The van der Waals surface area contributed by atoms with Crippen LogP contribution in [0.3, 0.4) is 0 Å². The number of benzene rings is 1. The quantitative estimate of drug-likeness (QED) is 0.506. The molecule has 0 aliphatic heterocycles. The molecule has 1 aliphatic carbocycles. The zero-order valence-corrected chi connectivity index (χ0v) is 15.9. The SMILES string of the molecule is CC(C)(C)c1ccc(CC(=O)CCCCC2CCCCC2)cc1N. The van der Waals surface area contributed by atoms with Crippen molar-refractivity contribution in [2.45, 2.75) is 90.4 Å². The molecule has 0 unspecified atom stereocenters. The third kappa shape index (κ3) is 5.96. The molecule has 0 aromatic heterocycles. The number of anilines is 1. The lowest BCUT2D eigenvalue weighted by Crippen LogP contribution is -2.14. The Balaban J connectivity index is 1.73. The first-order valence-electron chi connectivity index (χ1n) is 9.77. The van der Waals surface area contributed by atoms with E-state index in [2.05, 4.69) is 32.9 Å². The number of ketones is 1. The minimum absolute atomic E-state index is 0.0474. The van der Waals surface area contributed by atoms with Gasteiger partial charge in [0, 0.05) is 18.5 Å². The van der Waals surface area contributed by atoms with E-state index in [4.69, 9.17) is 5.73 Å². The Morgan fingerprint density at radius 1 is 1.12 bits per heavy atom. The van der Waals surface area contributed by atoms with Crippen LogP contribution in [-0.4, -0.2) is 5.78 Å². The number of nitrogen functional groups attached to an aromatic ring is 1. The number of nitrogens with two attached hydrogens (primary N) is 1. The summed E-state index contributed by atoms with van der Waals surface area (Å²) in [6, 6.07) is 6.14. The molecule has 1 fully saturated rings. The van der Waals surface area contributed by atoms with E-state index in [0.29, 0.717) is 18.6 Å². The highest BCUT2D eigenvalue weighted by Gasteiger charge is 2.17. The largest absolute Gasteiger partial charge is 0.398 e. The van der Waals surface area contributed by atoms with Crippen LogP contribution in [0.4, 0.5) is 5.69 Å². The molecule has 0 bridgehead atoms. The molecule has 134 valence electrons. The Morgan fingerprint density at radius 3 is 2.46 bits per heavy atom. The summed E-state index contributed by atoms with van der Waals surface area (Å²) >= 11 is 0. The maximum Gasteiger partial charge on any atom is 0.137 e. The molecule has 1 aromatic rings. The normalized spacial score (nSPS) is 16.3. The summed E-state index contributed by atoms with van der Waals surface area (Å²) in [4.78, 5) is 12.2. The fraction of sp³-hybridized carbons (Fsp3) is 0.682. The zero-order valence-electron chi connectivity index (χ0n) is 15.9. The Bertz CT molecular complexity index is 535. The van der Waals surface area contributed by atoms with Crippen molar-refractivity contribution in [3.8, 4) is 0 Å². The third-order valence-corrected chi connectivity index (χ3v) is 5.37. The van der Waals surface area contributed by atoms with Gasteiger partial charge in [-0.05, 0) is 34.9 Å². The molecule has 0 spiro atoms. The van der Waals surface area contributed by atoms with E-state index in [9.17, 15) is 4.79 Å². The van der Waals surface area contributed by atoms with Gasteiger partial charge in [-0.15, -0.1) is 0 Å². The Kier molecular flexibility index (Phi) is 6.89. The predicted molar refractivity (Wildman–Crippen MR) is 103 cm³/mol. The van der Waals surface area contributed by atoms with Crippen molar-refractivity contribution in [1.29, 1.82) is 0 Å². The van der Waals surface area contributed by atoms with Crippen LogP contribution in [0.15, 0.2) is 18.2 Å². The summed E-state index contributed by atoms with van der Waals surface area (Å²) in [6.45, 7) is 6.49. The van der Waals surface area contributed by atoms with Crippen LogP contribution < -0.4 is 5.73 Å². The van der Waals surface area contributed by atoms with E-state index in [1.807, 2.05) is 6.07 Å². The van der Waals surface area contributed by atoms with Gasteiger partial charge in [-0.3, -0.25) is 4.79 Å². The van der Waals surface area contributed by atoms with E-state index >= 15 is 0 Å². The van der Waals surface area contributed by atoms with Gasteiger partial charge >= 0.3 is 0 Å². The van der Waals surface area contributed by atoms with E-state index in [1.54, 1.807) is 0 Å². The summed E-state index contributed by atoms with van der Waals surface area (Å²) in [7, 11) is 0. The predicted octanol–water partition coefficient (Wildman–Crippen LogP) is 5.82. The number of carbonyl (C=O) groups is 1. The van der Waals surface area contributed by atoms with Gasteiger partial charge in [0.2, 0.25) is 0 Å². The lowest BCUT2D eigenvalue weighted by Gasteiger charge is -2.21. The third-order valence-electron chi connectivity index (χ3n) is 5.37. The van der Waals surface area contributed by atoms with Gasteiger partial charge in [-0.1, -0.05) is 77.8 Å². The standard InChI is InChI=1S/C22H35NO/c1-22(2,3)20-14-13-18(16-21(20)23)15-19(24)12-8-7-11-17-9-5-4-6-10-17/h13-14,16-17H,4-12,15,23H2,1-3H3. The smallest absolute Gasteiger partial charge is 0.137 e. The molecule has 0 amide bonds. The van der Waals surface area contributed by atoms with Crippen molar-refractivity contribution in [1.82, 2.24) is 0 Å². The average molecular weight is 330 g/mol. The first-order chi connectivity index (χ1) is 11.4. The Hall–Kier alpha value is -1.31. The molecule has 2 N–H and O–H groups in total. The fourth-order valence-electron chi connectivity index (χ4n) is 3.95.